The zero-order valence-corrected chi connectivity index (χ0v) is 17.0. The summed E-state index contributed by atoms with van der Waals surface area (Å²) < 4.78 is 29.4. The molecular weight excluding hydrogens is 387 g/mol. The largest absolute Gasteiger partial charge is 0.395 e. The fourth-order valence-corrected chi connectivity index (χ4v) is 4.08. The topological polar surface area (TPSA) is 61.4 Å². The summed E-state index contributed by atoms with van der Waals surface area (Å²) in [5, 5.41) is 13.4. The number of hydrogen-bond acceptors (Lipinski definition) is 3. The van der Waals surface area contributed by atoms with Crippen molar-refractivity contribution in [3.8, 4) is 0 Å². The molecule has 0 radical (unpaired) electrons. The average Bonchev–Trinajstić information content (AvgIpc) is 2.75. The highest BCUT2D eigenvalue weighted by molar-refractivity contribution is 7.83. The molecule has 0 aromatic heterocycles. The number of aliphatic hydroxyl groups is 1. The van der Waals surface area contributed by atoms with Crippen LogP contribution in [0, 0.1) is 12.7 Å². The highest BCUT2D eigenvalue weighted by atomic mass is 32.2. The first-order valence-electron chi connectivity index (χ1n) is 9.45. The van der Waals surface area contributed by atoms with Crippen LogP contribution in [-0.2, 0) is 17.5 Å². The Morgan fingerprint density at radius 1 is 0.966 bits per heavy atom. The predicted molar refractivity (Wildman–Crippen MR) is 114 cm³/mol. The molecule has 0 fully saturated rings. The number of hydrogen-bond donors (Lipinski definition) is 3. The summed E-state index contributed by atoms with van der Waals surface area (Å²) in [6.07, 6.45) is 0. The van der Waals surface area contributed by atoms with Gasteiger partial charge >= 0.3 is 0 Å². The number of rotatable bonds is 9. The third-order valence-electron chi connectivity index (χ3n) is 4.71. The molecule has 3 rings (SSSR count). The molecule has 0 spiro atoms. The molecule has 0 saturated carbocycles. The van der Waals surface area contributed by atoms with Crippen LogP contribution in [-0.4, -0.2) is 22.0 Å². The zero-order chi connectivity index (χ0) is 20.6. The van der Waals surface area contributed by atoms with Gasteiger partial charge in [0.05, 0.1) is 23.6 Å². The molecule has 0 heterocycles. The van der Waals surface area contributed by atoms with Crippen LogP contribution in [0.5, 0.6) is 0 Å². The van der Waals surface area contributed by atoms with Crippen molar-refractivity contribution in [1.29, 1.82) is 0 Å². The number of aryl methyl sites for hydroxylation is 1. The molecule has 3 aromatic carbocycles. The molecule has 0 bridgehead atoms. The summed E-state index contributed by atoms with van der Waals surface area (Å²) in [7, 11) is -1.49. The molecule has 0 aliphatic rings. The molecule has 0 aliphatic carbocycles. The first-order valence-corrected chi connectivity index (χ1v) is 10.6. The number of halogens is 1. The molecular formula is C23H25FN2O2S. The lowest BCUT2D eigenvalue weighted by Gasteiger charge is -2.28. The second-order valence-corrected chi connectivity index (χ2v) is 8.13. The van der Waals surface area contributed by atoms with E-state index in [1.165, 1.54) is 12.1 Å². The van der Waals surface area contributed by atoms with Gasteiger partial charge in [-0.25, -0.2) is 13.3 Å². The minimum atomic E-state index is -1.49. The second-order valence-electron chi connectivity index (χ2n) is 6.88. The molecule has 0 saturated heterocycles. The summed E-state index contributed by atoms with van der Waals surface area (Å²) in [4.78, 5) is 0.641. The maximum absolute atomic E-state index is 13.4. The predicted octanol–water partition coefficient (Wildman–Crippen LogP) is 3.64. The minimum Gasteiger partial charge on any atom is -0.395 e. The fraction of sp³-hybridized carbons (Fsp3) is 0.217. The van der Waals surface area contributed by atoms with Gasteiger partial charge in [0.1, 0.15) is 16.8 Å². The first-order chi connectivity index (χ1) is 14.1. The van der Waals surface area contributed by atoms with Crippen molar-refractivity contribution in [1.82, 2.24) is 10.0 Å². The Bertz CT molecular complexity index is 918. The standard InChI is InChI=1S/C23H25FN2O2S/c1-17-7-13-21(14-8-17)29(28)26-23(19-9-11-20(24)12-10-19)22(16-27)25-15-18-5-3-2-4-6-18/h2-14,22-23,25-27H,15-16H2,1H3/t22-,23-,29+/m1/s1. The van der Waals surface area contributed by atoms with Gasteiger partial charge in [0.25, 0.3) is 0 Å². The fourth-order valence-electron chi connectivity index (χ4n) is 3.03. The van der Waals surface area contributed by atoms with Gasteiger partial charge in [-0.05, 0) is 42.3 Å². The van der Waals surface area contributed by atoms with E-state index >= 15 is 0 Å². The van der Waals surface area contributed by atoms with Gasteiger partial charge in [-0.15, -0.1) is 0 Å². The van der Waals surface area contributed by atoms with Gasteiger partial charge < -0.3 is 10.4 Å². The Labute approximate surface area is 173 Å². The summed E-state index contributed by atoms with van der Waals surface area (Å²) in [6, 6.07) is 22.4. The summed E-state index contributed by atoms with van der Waals surface area (Å²) in [5.74, 6) is -0.343. The van der Waals surface area contributed by atoms with E-state index in [0.717, 1.165) is 16.7 Å². The van der Waals surface area contributed by atoms with E-state index < -0.39 is 23.1 Å². The number of nitrogens with one attached hydrogen (secondary N) is 2. The first kappa shape index (κ1) is 21.3. The van der Waals surface area contributed by atoms with Gasteiger partial charge in [0.2, 0.25) is 0 Å². The number of benzene rings is 3. The van der Waals surface area contributed by atoms with E-state index in [-0.39, 0.29) is 12.4 Å². The van der Waals surface area contributed by atoms with E-state index in [1.807, 2.05) is 61.5 Å². The van der Waals surface area contributed by atoms with Crippen LogP contribution >= 0.6 is 0 Å². The minimum absolute atomic E-state index is 0.174. The Kier molecular flexibility index (Phi) is 7.66. The van der Waals surface area contributed by atoms with Crippen LogP contribution in [0.3, 0.4) is 0 Å². The lowest BCUT2D eigenvalue weighted by Crippen LogP contribution is -2.44. The van der Waals surface area contributed by atoms with Crippen molar-refractivity contribution < 1.29 is 13.7 Å². The molecule has 0 unspecified atom stereocenters. The molecule has 6 heteroatoms. The van der Waals surface area contributed by atoms with Crippen molar-refractivity contribution in [2.75, 3.05) is 6.61 Å². The third kappa shape index (κ3) is 6.05. The van der Waals surface area contributed by atoms with Crippen molar-refractivity contribution >= 4 is 11.0 Å². The maximum Gasteiger partial charge on any atom is 0.125 e. The van der Waals surface area contributed by atoms with E-state index in [1.54, 1.807) is 12.1 Å². The van der Waals surface area contributed by atoms with E-state index in [2.05, 4.69) is 10.0 Å². The van der Waals surface area contributed by atoms with Gasteiger partial charge in [-0.1, -0.05) is 60.2 Å². The highest BCUT2D eigenvalue weighted by Gasteiger charge is 2.25. The van der Waals surface area contributed by atoms with Gasteiger partial charge in [0.15, 0.2) is 0 Å². The molecule has 0 amide bonds. The van der Waals surface area contributed by atoms with Crippen LogP contribution in [0.1, 0.15) is 22.7 Å². The lowest BCUT2D eigenvalue weighted by atomic mass is 10.0. The molecule has 152 valence electrons. The van der Waals surface area contributed by atoms with E-state index in [9.17, 15) is 13.7 Å². The lowest BCUT2D eigenvalue weighted by molar-refractivity contribution is 0.218. The van der Waals surface area contributed by atoms with Crippen LogP contribution in [0.15, 0.2) is 83.8 Å². The second kappa shape index (κ2) is 10.4. The third-order valence-corrected chi connectivity index (χ3v) is 5.88. The molecule has 4 nitrogen and oxygen atoms in total. The Morgan fingerprint density at radius 3 is 2.24 bits per heavy atom. The number of aliphatic hydroxyl groups excluding tert-OH is 1. The van der Waals surface area contributed by atoms with E-state index in [0.29, 0.717) is 11.4 Å². The summed E-state index contributed by atoms with van der Waals surface area (Å²) in [6.45, 7) is 2.34. The molecule has 3 aromatic rings. The maximum atomic E-state index is 13.4. The van der Waals surface area contributed by atoms with Crippen molar-refractivity contribution in [2.45, 2.75) is 30.4 Å². The molecule has 29 heavy (non-hydrogen) atoms. The van der Waals surface area contributed by atoms with Crippen molar-refractivity contribution in [2.24, 2.45) is 0 Å². The van der Waals surface area contributed by atoms with Crippen LogP contribution in [0.4, 0.5) is 4.39 Å². The molecule has 3 N–H and O–H groups in total. The normalized spacial score (nSPS) is 14.3. The van der Waals surface area contributed by atoms with Crippen LogP contribution < -0.4 is 10.0 Å². The monoisotopic (exact) mass is 412 g/mol. The van der Waals surface area contributed by atoms with Crippen molar-refractivity contribution in [3.63, 3.8) is 0 Å². The highest BCUT2D eigenvalue weighted by Crippen LogP contribution is 2.21. The quantitative estimate of drug-likeness (QED) is 0.503. The average molecular weight is 413 g/mol. The zero-order valence-electron chi connectivity index (χ0n) is 16.2. The Morgan fingerprint density at radius 2 is 1.62 bits per heavy atom. The Hall–Kier alpha value is -2.38. The molecule has 0 aliphatic heterocycles. The summed E-state index contributed by atoms with van der Waals surface area (Å²) in [5.41, 5.74) is 2.90. The summed E-state index contributed by atoms with van der Waals surface area (Å²) >= 11 is 0. The smallest absolute Gasteiger partial charge is 0.125 e. The molecule has 3 atom stereocenters. The van der Waals surface area contributed by atoms with Gasteiger partial charge in [-0.2, -0.15) is 0 Å². The van der Waals surface area contributed by atoms with Gasteiger partial charge in [0, 0.05) is 6.54 Å². The van der Waals surface area contributed by atoms with Crippen LogP contribution in [0.2, 0.25) is 0 Å². The Balaban J connectivity index is 1.81. The van der Waals surface area contributed by atoms with E-state index in [4.69, 9.17) is 0 Å². The van der Waals surface area contributed by atoms with Crippen molar-refractivity contribution in [3.05, 3.63) is 101 Å². The van der Waals surface area contributed by atoms with Gasteiger partial charge in [-0.3, -0.25) is 0 Å². The van der Waals surface area contributed by atoms with Crippen LogP contribution in [0.25, 0.3) is 0 Å². The SMILES string of the molecule is Cc1ccc([S@](=O)N[C@H](c2ccc(F)cc2)[C@@H](CO)NCc2ccccc2)cc1.